The van der Waals surface area contributed by atoms with E-state index in [0.29, 0.717) is 0 Å². The maximum atomic E-state index is 12.3. The molecule has 0 saturated heterocycles. The summed E-state index contributed by atoms with van der Waals surface area (Å²) in [5.41, 5.74) is -2.05. The first-order valence-corrected chi connectivity index (χ1v) is 8.03. The summed E-state index contributed by atoms with van der Waals surface area (Å²) < 4.78 is 1.64. The largest absolute Gasteiger partial charge is 0.494 e. The molecule has 0 radical (unpaired) electrons. The van der Waals surface area contributed by atoms with Crippen molar-refractivity contribution in [3.8, 4) is 5.88 Å². The maximum absolute atomic E-state index is 12.3. The highest BCUT2D eigenvalue weighted by Gasteiger charge is 2.20. The van der Waals surface area contributed by atoms with Crippen LogP contribution in [0.1, 0.15) is 41.0 Å². The Morgan fingerprint density at radius 2 is 1.88 bits per heavy atom. The van der Waals surface area contributed by atoms with E-state index in [1.807, 2.05) is 20.8 Å². The molecule has 2 rings (SSSR count). The fraction of sp³-hybridized carbons (Fsp3) is 0.375. The number of aromatic nitrogens is 3. The van der Waals surface area contributed by atoms with Crippen molar-refractivity contribution in [2.24, 2.45) is 14.1 Å². The molecule has 0 unspecified atom stereocenters. The lowest BCUT2D eigenvalue weighted by Gasteiger charge is -2.13. The molecule has 0 bridgehead atoms. The Kier molecular flexibility index (Phi) is 4.61. The van der Waals surface area contributed by atoms with Gasteiger partial charge >= 0.3 is 5.69 Å². The molecule has 0 fully saturated rings. The summed E-state index contributed by atoms with van der Waals surface area (Å²) >= 11 is 1.44. The van der Waals surface area contributed by atoms with Crippen molar-refractivity contribution in [1.29, 1.82) is 0 Å². The van der Waals surface area contributed by atoms with E-state index >= 15 is 0 Å². The molecule has 0 saturated carbocycles. The van der Waals surface area contributed by atoms with E-state index in [-0.39, 0.29) is 5.41 Å². The molecule has 2 heterocycles. The van der Waals surface area contributed by atoms with Crippen LogP contribution in [0.5, 0.6) is 5.88 Å². The number of carbonyl (C=O) groups excluding carboxylic acids is 1. The molecule has 0 atom stereocenters. The van der Waals surface area contributed by atoms with Crippen molar-refractivity contribution >= 4 is 23.2 Å². The Morgan fingerprint density at radius 3 is 2.42 bits per heavy atom. The topological polar surface area (TPSA) is 94.2 Å². The molecule has 0 aromatic carbocycles. The zero-order chi connectivity index (χ0) is 18.2. The van der Waals surface area contributed by atoms with Gasteiger partial charge in [-0.25, -0.2) is 9.78 Å². The lowest BCUT2D eigenvalue weighted by atomic mass is 9.98. The van der Waals surface area contributed by atoms with Gasteiger partial charge in [0.15, 0.2) is 5.78 Å². The van der Waals surface area contributed by atoms with E-state index in [1.54, 1.807) is 12.3 Å². The molecule has 2 aromatic rings. The average molecular weight is 349 g/mol. The molecular formula is C16H19N3O4S. The molecule has 24 heavy (non-hydrogen) atoms. The summed E-state index contributed by atoms with van der Waals surface area (Å²) in [4.78, 5) is 41.1. The summed E-state index contributed by atoms with van der Waals surface area (Å²) in [5, 5.41) is 10.9. The van der Waals surface area contributed by atoms with Crippen molar-refractivity contribution < 1.29 is 9.90 Å². The number of carbonyl (C=O) groups is 1. The molecular weight excluding hydrogens is 330 g/mol. The Balaban J connectivity index is 2.39. The lowest BCUT2D eigenvalue weighted by molar-refractivity contribution is 0.104. The highest BCUT2D eigenvalue weighted by Crippen LogP contribution is 2.27. The van der Waals surface area contributed by atoms with Gasteiger partial charge in [0.2, 0.25) is 5.88 Å². The van der Waals surface area contributed by atoms with Gasteiger partial charge in [-0.15, -0.1) is 11.3 Å². The fourth-order valence-electron chi connectivity index (χ4n) is 2.00. The standard InChI is InChI=1S/C16H19N3O4S/c1-16(2,3)14-17-8-9(24-14)6-7-10(20)11-12(21)18(4)15(23)19(5)13(11)22/h6-8,21H,1-5H3/b7-6+. The van der Waals surface area contributed by atoms with Gasteiger partial charge < -0.3 is 5.11 Å². The smallest absolute Gasteiger partial charge is 0.333 e. The third-order valence-electron chi connectivity index (χ3n) is 3.44. The molecule has 1 N–H and O–H groups in total. The first-order chi connectivity index (χ1) is 11.0. The summed E-state index contributed by atoms with van der Waals surface area (Å²) in [7, 11) is 2.54. The van der Waals surface area contributed by atoms with Crippen LogP contribution in [-0.4, -0.2) is 25.0 Å². The quantitative estimate of drug-likeness (QED) is 0.668. The zero-order valence-corrected chi connectivity index (χ0v) is 15.0. The number of aromatic hydroxyl groups is 1. The van der Waals surface area contributed by atoms with E-state index in [9.17, 15) is 19.5 Å². The van der Waals surface area contributed by atoms with Crippen molar-refractivity contribution in [2.45, 2.75) is 26.2 Å². The first kappa shape index (κ1) is 17.9. The van der Waals surface area contributed by atoms with Crippen LogP contribution in [-0.2, 0) is 19.5 Å². The van der Waals surface area contributed by atoms with Crippen LogP contribution < -0.4 is 11.2 Å². The van der Waals surface area contributed by atoms with Crippen LogP contribution >= 0.6 is 11.3 Å². The highest BCUT2D eigenvalue weighted by atomic mass is 32.1. The SMILES string of the molecule is Cn1c(O)c(C(=O)/C=C/c2cnc(C(C)(C)C)s2)c(=O)n(C)c1=O. The summed E-state index contributed by atoms with van der Waals surface area (Å²) in [6.07, 6.45) is 4.38. The minimum Gasteiger partial charge on any atom is -0.494 e. The Morgan fingerprint density at radius 1 is 1.25 bits per heavy atom. The van der Waals surface area contributed by atoms with Crippen LogP contribution in [0.15, 0.2) is 21.9 Å². The van der Waals surface area contributed by atoms with E-state index < -0.39 is 28.5 Å². The van der Waals surface area contributed by atoms with E-state index in [0.717, 1.165) is 19.0 Å². The van der Waals surface area contributed by atoms with Gasteiger partial charge in [0.25, 0.3) is 5.56 Å². The van der Waals surface area contributed by atoms with E-state index in [2.05, 4.69) is 4.98 Å². The fourth-order valence-corrected chi connectivity index (χ4v) is 2.88. The minimum absolute atomic E-state index is 0.0906. The van der Waals surface area contributed by atoms with Gasteiger partial charge in [-0.2, -0.15) is 0 Å². The second-order valence-electron chi connectivity index (χ2n) is 6.42. The number of rotatable bonds is 3. The Labute approximate surface area is 142 Å². The highest BCUT2D eigenvalue weighted by molar-refractivity contribution is 7.12. The first-order valence-electron chi connectivity index (χ1n) is 7.21. The number of allylic oxidation sites excluding steroid dienone is 1. The molecule has 0 spiro atoms. The maximum Gasteiger partial charge on any atom is 0.333 e. The second-order valence-corrected chi connectivity index (χ2v) is 7.48. The summed E-state index contributed by atoms with van der Waals surface area (Å²) in [6.45, 7) is 6.12. The number of nitrogens with zero attached hydrogens (tertiary/aromatic N) is 3. The number of thiazole rings is 1. The van der Waals surface area contributed by atoms with Crippen LogP contribution in [0.4, 0.5) is 0 Å². The molecule has 0 amide bonds. The van der Waals surface area contributed by atoms with Gasteiger partial charge in [0.1, 0.15) is 5.56 Å². The van der Waals surface area contributed by atoms with Gasteiger partial charge in [-0.3, -0.25) is 18.7 Å². The van der Waals surface area contributed by atoms with Gasteiger partial charge in [-0.1, -0.05) is 20.8 Å². The van der Waals surface area contributed by atoms with E-state index in [4.69, 9.17) is 0 Å². The summed E-state index contributed by atoms with van der Waals surface area (Å²) in [5.74, 6) is -1.31. The van der Waals surface area contributed by atoms with E-state index in [1.165, 1.54) is 31.5 Å². The Hall–Kier alpha value is -2.48. The molecule has 7 nitrogen and oxygen atoms in total. The summed E-state index contributed by atoms with van der Waals surface area (Å²) in [6, 6.07) is 0. The second kappa shape index (κ2) is 6.20. The predicted molar refractivity (Wildman–Crippen MR) is 92.8 cm³/mol. The van der Waals surface area contributed by atoms with Crippen LogP contribution in [0.25, 0.3) is 6.08 Å². The minimum atomic E-state index is -0.829. The molecule has 2 aromatic heterocycles. The van der Waals surface area contributed by atoms with Crippen molar-refractivity contribution in [1.82, 2.24) is 14.1 Å². The van der Waals surface area contributed by atoms with Crippen molar-refractivity contribution in [3.05, 3.63) is 48.6 Å². The van der Waals surface area contributed by atoms with Crippen LogP contribution in [0.2, 0.25) is 0 Å². The van der Waals surface area contributed by atoms with Gasteiger partial charge in [0.05, 0.1) is 5.01 Å². The van der Waals surface area contributed by atoms with Crippen molar-refractivity contribution in [3.63, 3.8) is 0 Å². The van der Waals surface area contributed by atoms with Crippen LogP contribution in [0.3, 0.4) is 0 Å². The molecule has 0 aliphatic carbocycles. The van der Waals surface area contributed by atoms with Crippen LogP contribution in [0, 0.1) is 0 Å². The monoisotopic (exact) mass is 349 g/mol. The van der Waals surface area contributed by atoms with Gasteiger partial charge in [-0.05, 0) is 12.2 Å². The third-order valence-corrected chi connectivity index (χ3v) is 4.83. The lowest BCUT2D eigenvalue weighted by Crippen LogP contribution is -2.39. The average Bonchev–Trinajstić information content (AvgIpc) is 2.98. The number of hydrogen-bond acceptors (Lipinski definition) is 6. The Bertz CT molecular complexity index is 942. The molecule has 0 aliphatic rings. The molecule has 0 aliphatic heterocycles. The number of ketones is 1. The number of hydrogen-bond donors (Lipinski definition) is 1. The molecule has 128 valence electrons. The van der Waals surface area contributed by atoms with Crippen molar-refractivity contribution in [2.75, 3.05) is 0 Å². The molecule has 8 heteroatoms. The normalized spacial score (nSPS) is 12.0. The zero-order valence-electron chi connectivity index (χ0n) is 14.2. The third kappa shape index (κ3) is 3.23. The van der Waals surface area contributed by atoms with Gasteiger partial charge in [0, 0.05) is 30.6 Å². The predicted octanol–water partition coefficient (Wildman–Crippen LogP) is 1.44.